The van der Waals surface area contributed by atoms with E-state index in [1.165, 1.54) is 30.3 Å². The number of anilines is 1. The highest BCUT2D eigenvalue weighted by molar-refractivity contribution is 7.89. The number of carbonyl (C=O) groups is 1. The van der Waals surface area contributed by atoms with Gasteiger partial charge in [0.2, 0.25) is 11.0 Å². The summed E-state index contributed by atoms with van der Waals surface area (Å²) in [6.07, 6.45) is -3.96. The Labute approximate surface area is 227 Å². The molecule has 5 rings (SSSR count). The number of Topliss-reactive ketones (excluding diaryl/α,β-unsaturated/α-hetero) is 1. The summed E-state index contributed by atoms with van der Waals surface area (Å²) < 4.78 is 85.2. The molecule has 1 fully saturated rings. The smallest absolute Gasteiger partial charge is 0.416 e. The number of benzene rings is 2. The van der Waals surface area contributed by atoms with Crippen molar-refractivity contribution in [3.8, 4) is 11.3 Å². The number of sulfonamides is 1. The van der Waals surface area contributed by atoms with Crippen molar-refractivity contribution in [2.75, 3.05) is 25.5 Å². The molecule has 1 aliphatic rings. The molecule has 0 unspecified atom stereocenters. The molecule has 0 N–H and O–H groups in total. The maximum Gasteiger partial charge on any atom is 0.416 e. The van der Waals surface area contributed by atoms with Crippen molar-refractivity contribution in [3.63, 3.8) is 0 Å². The molecule has 1 aliphatic heterocycles. The summed E-state index contributed by atoms with van der Waals surface area (Å²) in [5, 5.41) is -0.0653. The summed E-state index contributed by atoms with van der Waals surface area (Å²) in [4.78, 5) is 23.6. The molecule has 0 bridgehead atoms. The lowest BCUT2D eigenvalue weighted by atomic mass is 9.98. The average Bonchev–Trinajstić information content (AvgIpc) is 3.30. The Morgan fingerprint density at radius 2 is 1.80 bits per heavy atom. The highest BCUT2D eigenvalue weighted by Crippen LogP contribution is 2.33. The van der Waals surface area contributed by atoms with Gasteiger partial charge in [-0.3, -0.25) is 4.79 Å². The molecule has 4 aromatic rings. The first-order valence-electron chi connectivity index (χ1n) is 12.3. The third-order valence-corrected chi connectivity index (χ3v) is 8.43. The number of alkyl halides is 3. The molecule has 3 heterocycles. The Hall–Kier alpha value is -3.84. The fraction of sp³-hybridized carbons (Fsp3) is 0.296. The minimum Gasteiger partial charge on any atom is -0.443 e. The molecule has 0 radical (unpaired) electrons. The third kappa shape index (κ3) is 5.43. The zero-order valence-corrected chi connectivity index (χ0v) is 22.3. The maximum atomic E-state index is 13.5. The number of ketones is 1. The highest BCUT2D eigenvalue weighted by atomic mass is 32.2. The number of rotatable bonds is 8. The van der Waals surface area contributed by atoms with E-state index >= 15 is 0 Å². The standard InChI is InChI=1S/C27H24F4N4O4S/c1-34(2)26-32-20(15-21(33-26)16-3-5-18(6-4-16)27(29,30)31)8-9-23(36)22-11-12-35(22)40(37,38)25-14-17-13-19(28)7-10-24(17)39-25/h3-7,10,13-15,22H,8-9,11-12H2,1-2H3/t22-/m0/s1. The zero-order valence-electron chi connectivity index (χ0n) is 21.4. The first-order valence-corrected chi connectivity index (χ1v) is 13.7. The fourth-order valence-electron chi connectivity index (χ4n) is 4.41. The van der Waals surface area contributed by atoms with Crippen LogP contribution in [0.5, 0.6) is 0 Å². The second kappa shape index (κ2) is 10.3. The lowest BCUT2D eigenvalue weighted by Gasteiger charge is -2.37. The number of fused-ring (bicyclic) bond motifs is 1. The minimum atomic E-state index is -4.46. The van der Waals surface area contributed by atoms with E-state index in [-0.39, 0.29) is 35.8 Å². The number of aryl methyl sites for hydroxylation is 1. The Bertz CT molecular complexity index is 1690. The predicted octanol–water partition coefficient (Wildman–Crippen LogP) is 5.08. The fourth-order valence-corrected chi connectivity index (χ4v) is 6.02. The zero-order chi connectivity index (χ0) is 28.8. The Morgan fingerprint density at radius 1 is 1.07 bits per heavy atom. The van der Waals surface area contributed by atoms with Gasteiger partial charge in [-0.25, -0.2) is 22.8 Å². The first kappa shape index (κ1) is 27.7. The Kier molecular flexibility index (Phi) is 7.13. The summed E-state index contributed by atoms with van der Waals surface area (Å²) in [6.45, 7) is 0.139. The molecule has 13 heteroatoms. The molecule has 1 atom stereocenters. The van der Waals surface area contributed by atoms with E-state index in [2.05, 4.69) is 9.97 Å². The van der Waals surface area contributed by atoms with Crippen LogP contribution < -0.4 is 4.90 Å². The van der Waals surface area contributed by atoms with Crippen molar-refractivity contribution in [2.24, 2.45) is 0 Å². The summed E-state index contributed by atoms with van der Waals surface area (Å²) in [6, 6.07) is 10.2. The van der Waals surface area contributed by atoms with E-state index in [0.717, 1.165) is 22.5 Å². The molecule has 0 spiro atoms. The topological polar surface area (TPSA) is 96.6 Å². The van der Waals surface area contributed by atoms with Gasteiger partial charge < -0.3 is 9.32 Å². The van der Waals surface area contributed by atoms with Gasteiger partial charge in [-0.05, 0) is 49.2 Å². The molecule has 40 heavy (non-hydrogen) atoms. The van der Waals surface area contributed by atoms with Crippen LogP contribution >= 0.6 is 0 Å². The van der Waals surface area contributed by atoms with Crippen molar-refractivity contribution in [3.05, 3.63) is 71.7 Å². The minimum absolute atomic E-state index is 0.0155. The first-order chi connectivity index (χ1) is 18.8. The molecular formula is C27H24F4N4O4S. The number of carbonyl (C=O) groups excluding carboxylic acids is 1. The Morgan fingerprint density at radius 3 is 2.42 bits per heavy atom. The molecule has 8 nitrogen and oxygen atoms in total. The van der Waals surface area contributed by atoms with Crippen molar-refractivity contribution in [1.82, 2.24) is 14.3 Å². The second-order valence-electron chi connectivity index (χ2n) is 9.65. The van der Waals surface area contributed by atoms with Gasteiger partial charge in [0.25, 0.3) is 10.0 Å². The quantitative estimate of drug-likeness (QED) is 0.270. The van der Waals surface area contributed by atoms with Crippen LogP contribution in [0.3, 0.4) is 0 Å². The monoisotopic (exact) mass is 576 g/mol. The van der Waals surface area contributed by atoms with Crippen molar-refractivity contribution < 1.29 is 35.2 Å². The molecule has 0 saturated carbocycles. The summed E-state index contributed by atoms with van der Waals surface area (Å²) >= 11 is 0. The van der Waals surface area contributed by atoms with Gasteiger partial charge in [-0.15, -0.1) is 0 Å². The van der Waals surface area contributed by atoms with Gasteiger partial charge in [-0.1, -0.05) is 12.1 Å². The number of furan rings is 1. The van der Waals surface area contributed by atoms with Crippen molar-refractivity contribution in [1.29, 1.82) is 0 Å². The third-order valence-electron chi connectivity index (χ3n) is 6.66. The van der Waals surface area contributed by atoms with Crippen LogP contribution in [0.1, 0.15) is 24.1 Å². The van der Waals surface area contributed by atoms with E-state index in [1.807, 2.05) is 0 Å². The van der Waals surface area contributed by atoms with Gasteiger partial charge >= 0.3 is 6.18 Å². The molecule has 1 saturated heterocycles. The Balaban J connectivity index is 1.32. The van der Waals surface area contributed by atoms with E-state index in [9.17, 15) is 30.8 Å². The molecule has 210 valence electrons. The molecular weight excluding hydrogens is 552 g/mol. The van der Waals surface area contributed by atoms with Crippen LogP contribution in [-0.4, -0.2) is 55.2 Å². The number of halogens is 4. The largest absolute Gasteiger partial charge is 0.443 e. The van der Waals surface area contributed by atoms with Crippen molar-refractivity contribution in [2.45, 2.75) is 36.6 Å². The number of hydrogen-bond donors (Lipinski definition) is 0. The molecule has 0 aliphatic carbocycles. The second-order valence-corrected chi connectivity index (χ2v) is 11.5. The maximum absolute atomic E-state index is 13.5. The van der Waals surface area contributed by atoms with E-state index < -0.39 is 33.6 Å². The molecule has 2 aromatic heterocycles. The van der Waals surface area contributed by atoms with Crippen LogP contribution in [0.4, 0.5) is 23.5 Å². The predicted molar refractivity (Wildman–Crippen MR) is 139 cm³/mol. The SMILES string of the molecule is CN(C)c1nc(CCC(=O)[C@@H]2CCN2S(=O)(=O)c2cc3cc(F)ccc3o2)cc(-c2ccc(C(F)(F)F)cc2)n1. The highest BCUT2D eigenvalue weighted by Gasteiger charge is 2.43. The van der Waals surface area contributed by atoms with Crippen LogP contribution in [0.2, 0.25) is 0 Å². The summed E-state index contributed by atoms with van der Waals surface area (Å²) in [7, 11) is -0.693. The lowest BCUT2D eigenvalue weighted by Crippen LogP contribution is -2.54. The van der Waals surface area contributed by atoms with Gasteiger partial charge in [0.15, 0.2) is 5.78 Å². The lowest BCUT2D eigenvalue weighted by molar-refractivity contribution is -0.137. The molecule has 2 aromatic carbocycles. The van der Waals surface area contributed by atoms with Crippen LogP contribution in [0.25, 0.3) is 22.2 Å². The van der Waals surface area contributed by atoms with Crippen molar-refractivity contribution >= 4 is 32.7 Å². The van der Waals surface area contributed by atoms with E-state index in [4.69, 9.17) is 4.42 Å². The number of aromatic nitrogens is 2. The number of hydrogen-bond acceptors (Lipinski definition) is 7. The van der Waals surface area contributed by atoms with Gasteiger partial charge in [0.05, 0.1) is 17.3 Å². The van der Waals surface area contributed by atoms with Gasteiger partial charge in [-0.2, -0.15) is 17.5 Å². The average molecular weight is 577 g/mol. The molecule has 0 amide bonds. The van der Waals surface area contributed by atoms with E-state index in [0.29, 0.717) is 34.7 Å². The summed E-state index contributed by atoms with van der Waals surface area (Å²) in [5.41, 5.74) is 0.763. The van der Waals surface area contributed by atoms with E-state index in [1.54, 1.807) is 25.1 Å². The normalized spacial score (nSPS) is 16.2. The summed E-state index contributed by atoms with van der Waals surface area (Å²) in [5.74, 6) is -0.523. The number of nitrogens with zero attached hydrogens (tertiary/aromatic N) is 4. The van der Waals surface area contributed by atoms with Gasteiger partial charge in [0, 0.05) is 49.8 Å². The van der Waals surface area contributed by atoms with Crippen LogP contribution in [0.15, 0.2) is 64.1 Å². The van der Waals surface area contributed by atoms with Crippen LogP contribution in [0, 0.1) is 5.82 Å². The van der Waals surface area contributed by atoms with Crippen LogP contribution in [-0.2, 0) is 27.4 Å². The van der Waals surface area contributed by atoms with Gasteiger partial charge in [0.1, 0.15) is 11.4 Å².